The Morgan fingerprint density at radius 2 is 2.50 bits per heavy atom. The summed E-state index contributed by atoms with van der Waals surface area (Å²) in [4.78, 5) is 4.10. The van der Waals surface area contributed by atoms with Crippen molar-refractivity contribution in [1.29, 1.82) is 0 Å². The molecule has 72 valence electrons. The summed E-state index contributed by atoms with van der Waals surface area (Å²) in [5.41, 5.74) is 1.14. The summed E-state index contributed by atoms with van der Waals surface area (Å²) < 4.78 is 5.92. The van der Waals surface area contributed by atoms with Crippen molar-refractivity contribution in [2.24, 2.45) is 0 Å². The van der Waals surface area contributed by atoms with Gasteiger partial charge in [0.05, 0.1) is 6.10 Å². The number of hydrogen-bond acceptors (Lipinski definition) is 3. The van der Waals surface area contributed by atoms with E-state index < -0.39 is 0 Å². The summed E-state index contributed by atoms with van der Waals surface area (Å²) >= 11 is 0. The quantitative estimate of drug-likeness (QED) is 0.644. The van der Waals surface area contributed by atoms with Crippen LogP contribution in [-0.4, -0.2) is 24.2 Å². The van der Waals surface area contributed by atoms with Crippen molar-refractivity contribution in [1.82, 2.24) is 10.2 Å². The molecule has 0 unspecified atom stereocenters. The minimum absolute atomic E-state index is 0.0685. The Bertz CT molecular complexity index is 307. The zero-order chi connectivity index (χ0) is 9.38. The highest BCUT2D eigenvalue weighted by Crippen LogP contribution is 2.26. The molecule has 2 fully saturated rings. The molecule has 1 aromatic rings. The molecule has 0 aromatic carbocycles. The summed E-state index contributed by atoms with van der Waals surface area (Å²) in [6.07, 6.45) is 7.84. The van der Waals surface area contributed by atoms with Crippen LogP contribution in [0, 0.1) is 0 Å². The Morgan fingerprint density at radius 1 is 1.50 bits per heavy atom. The van der Waals surface area contributed by atoms with Crippen LogP contribution < -0.4 is 10.7 Å². The molecule has 1 N–H and O–H groups in total. The van der Waals surface area contributed by atoms with Crippen LogP contribution in [0.2, 0.25) is 0 Å². The predicted molar refractivity (Wildman–Crippen MR) is 55.3 cm³/mol. The third kappa shape index (κ3) is 1.35. The third-order valence-corrected chi connectivity index (χ3v) is 3.12. The van der Waals surface area contributed by atoms with Gasteiger partial charge in [0.2, 0.25) is 0 Å². The molecule has 3 nitrogen and oxygen atoms in total. The minimum atomic E-state index is 0.0685. The van der Waals surface area contributed by atoms with Crippen LogP contribution in [0.3, 0.4) is 0 Å². The number of nitrogens with one attached hydrogen (secondary N) is 1. The molecule has 1 saturated heterocycles. The first-order chi connectivity index (χ1) is 6.93. The molecule has 0 bridgehead atoms. The van der Waals surface area contributed by atoms with Gasteiger partial charge in [-0.1, -0.05) is 6.07 Å². The second kappa shape index (κ2) is 3.37. The van der Waals surface area contributed by atoms with Crippen LogP contribution in [0.15, 0.2) is 24.5 Å². The number of nitrogens with zero attached hydrogens (tertiary/aromatic N) is 1. The fourth-order valence-corrected chi connectivity index (χ4v) is 2.39. The monoisotopic (exact) mass is 188 g/mol. The van der Waals surface area contributed by atoms with Gasteiger partial charge in [-0.3, -0.25) is 4.98 Å². The fraction of sp³-hybridized carbons (Fsp3) is 0.500. The van der Waals surface area contributed by atoms with E-state index in [4.69, 9.17) is 4.65 Å². The van der Waals surface area contributed by atoms with Gasteiger partial charge in [0.1, 0.15) is 0 Å². The van der Waals surface area contributed by atoms with Crippen molar-refractivity contribution >= 4 is 12.5 Å². The van der Waals surface area contributed by atoms with Gasteiger partial charge in [-0.15, -0.1) is 0 Å². The fourth-order valence-electron chi connectivity index (χ4n) is 2.39. The van der Waals surface area contributed by atoms with Gasteiger partial charge < -0.3 is 9.88 Å². The van der Waals surface area contributed by atoms with Crippen LogP contribution in [0.5, 0.6) is 0 Å². The molecule has 2 heterocycles. The van der Waals surface area contributed by atoms with Gasteiger partial charge in [-0.05, 0) is 30.8 Å². The van der Waals surface area contributed by atoms with Gasteiger partial charge in [0.25, 0.3) is 0 Å². The van der Waals surface area contributed by atoms with E-state index in [0.29, 0.717) is 12.1 Å². The lowest BCUT2D eigenvalue weighted by Gasteiger charge is -2.07. The van der Waals surface area contributed by atoms with Crippen LogP contribution in [0.1, 0.15) is 19.3 Å². The molecule has 1 aliphatic carbocycles. The van der Waals surface area contributed by atoms with E-state index in [9.17, 15) is 0 Å². The Hall–Kier alpha value is -0.865. The zero-order valence-electron chi connectivity index (χ0n) is 8.02. The molecule has 1 aliphatic heterocycles. The number of fused-ring (bicyclic) bond motifs is 1. The van der Waals surface area contributed by atoms with Gasteiger partial charge in [-0.25, -0.2) is 0 Å². The minimum Gasteiger partial charge on any atom is -0.413 e. The normalized spacial score (nSPS) is 30.7. The highest BCUT2D eigenvalue weighted by Gasteiger charge is 2.41. The standard InChI is InChI=1S/C10H13BN2O/c1-4-9-10(5-1)14-11(13-9)8-3-2-6-12-7-8/h2-3,6-7,9-10,13H,1,4-5H2/t9-,10+/m0/s1. The van der Waals surface area contributed by atoms with E-state index in [2.05, 4.69) is 16.3 Å². The first-order valence-corrected chi connectivity index (χ1v) is 5.25. The van der Waals surface area contributed by atoms with E-state index in [1.54, 1.807) is 6.20 Å². The molecule has 0 radical (unpaired) electrons. The van der Waals surface area contributed by atoms with Crippen LogP contribution in [0.25, 0.3) is 0 Å². The molecule has 2 aliphatic rings. The van der Waals surface area contributed by atoms with E-state index in [-0.39, 0.29) is 7.05 Å². The van der Waals surface area contributed by atoms with Gasteiger partial charge in [0, 0.05) is 18.4 Å². The van der Waals surface area contributed by atoms with Crippen LogP contribution >= 0.6 is 0 Å². The Kier molecular flexibility index (Phi) is 2.03. The average Bonchev–Trinajstić information content (AvgIpc) is 2.78. The Morgan fingerprint density at radius 3 is 3.29 bits per heavy atom. The van der Waals surface area contributed by atoms with Crippen molar-refractivity contribution in [2.45, 2.75) is 31.4 Å². The molecular formula is C10H13BN2O. The first-order valence-electron chi connectivity index (χ1n) is 5.25. The van der Waals surface area contributed by atoms with Gasteiger partial charge in [-0.2, -0.15) is 0 Å². The van der Waals surface area contributed by atoms with E-state index in [1.165, 1.54) is 19.3 Å². The highest BCUT2D eigenvalue weighted by molar-refractivity contribution is 6.65. The molecule has 2 atom stereocenters. The highest BCUT2D eigenvalue weighted by atomic mass is 16.5. The molecule has 0 spiro atoms. The maximum Gasteiger partial charge on any atom is 0.417 e. The SMILES string of the molecule is c1cncc(B2N[C@H]3CCC[C@H]3O2)c1. The molecule has 14 heavy (non-hydrogen) atoms. The topological polar surface area (TPSA) is 34.2 Å². The maximum absolute atomic E-state index is 5.92. The van der Waals surface area contributed by atoms with Gasteiger partial charge in [0.15, 0.2) is 0 Å². The molecule has 3 rings (SSSR count). The first kappa shape index (κ1) is 8.44. The van der Waals surface area contributed by atoms with E-state index >= 15 is 0 Å². The largest absolute Gasteiger partial charge is 0.417 e. The predicted octanol–water partition coefficient (Wildman–Crippen LogP) is 0.318. The van der Waals surface area contributed by atoms with E-state index in [1.807, 2.05) is 12.3 Å². The molecule has 1 saturated carbocycles. The number of hydrogen-bond donors (Lipinski definition) is 1. The van der Waals surface area contributed by atoms with Crippen molar-refractivity contribution in [3.05, 3.63) is 24.5 Å². The summed E-state index contributed by atoms with van der Waals surface area (Å²) in [6.45, 7) is 0. The maximum atomic E-state index is 5.92. The third-order valence-electron chi connectivity index (χ3n) is 3.12. The van der Waals surface area contributed by atoms with Crippen molar-refractivity contribution in [3.63, 3.8) is 0 Å². The van der Waals surface area contributed by atoms with Gasteiger partial charge >= 0.3 is 7.05 Å². The summed E-state index contributed by atoms with van der Waals surface area (Å²) in [5, 5.41) is 3.51. The lowest BCUT2D eigenvalue weighted by atomic mass is 9.75. The lowest BCUT2D eigenvalue weighted by molar-refractivity contribution is 0.233. The van der Waals surface area contributed by atoms with Crippen molar-refractivity contribution in [2.75, 3.05) is 0 Å². The molecule has 4 heteroatoms. The van der Waals surface area contributed by atoms with Crippen molar-refractivity contribution in [3.8, 4) is 0 Å². The number of aromatic nitrogens is 1. The Balaban J connectivity index is 1.77. The lowest BCUT2D eigenvalue weighted by Crippen LogP contribution is -2.44. The molecule has 0 amide bonds. The van der Waals surface area contributed by atoms with Crippen LogP contribution in [-0.2, 0) is 4.65 Å². The second-order valence-corrected chi connectivity index (χ2v) is 4.04. The smallest absolute Gasteiger partial charge is 0.413 e. The average molecular weight is 188 g/mol. The summed E-state index contributed by atoms with van der Waals surface area (Å²) in [7, 11) is 0.0685. The second-order valence-electron chi connectivity index (χ2n) is 4.04. The van der Waals surface area contributed by atoms with Crippen LogP contribution in [0.4, 0.5) is 0 Å². The summed E-state index contributed by atoms with van der Waals surface area (Å²) in [6, 6.07) is 4.58. The Labute approximate surface area is 84.0 Å². The van der Waals surface area contributed by atoms with Crippen molar-refractivity contribution < 1.29 is 4.65 Å². The molecular weight excluding hydrogens is 175 g/mol. The zero-order valence-corrected chi connectivity index (χ0v) is 8.02. The summed E-state index contributed by atoms with van der Waals surface area (Å²) in [5.74, 6) is 0. The van der Waals surface area contributed by atoms with E-state index in [0.717, 1.165) is 5.46 Å². The number of rotatable bonds is 1. The molecule has 1 aromatic heterocycles. The number of pyridine rings is 1.